The van der Waals surface area contributed by atoms with Crippen LogP contribution >= 0.6 is 23.2 Å². The van der Waals surface area contributed by atoms with Gasteiger partial charge in [-0.2, -0.15) is 5.26 Å². The minimum atomic E-state index is -0.974. The summed E-state index contributed by atoms with van der Waals surface area (Å²) in [7, 11) is 0. The number of aromatic nitrogens is 2. The van der Waals surface area contributed by atoms with E-state index in [0.29, 0.717) is 21.8 Å². The smallest absolute Gasteiger partial charge is 0.244 e. The number of H-pyrrole nitrogens is 1. The molecule has 3 N–H and O–H groups in total. The summed E-state index contributed by atoms with van der Waals surface area (Å²) in [5.41, 5.74) is 2.38. The molecule has 3 aromatic rings. The van der Waals surface area contributed by atoms with Crippen LogP contribution in [-0.2, 0) is 0 Å². The molecule has 4 rings (SSSR count). The minimum Gasteiger partial charge on any atom is -0.506 e. The van der Waals surface area contributed by atoms with E-state index in [2.05, 4.69) is 16.3 Å². The van der Waals surface area contributed by atoms with Gasteiger partial charge in [-0.25, -0.2) is 0 Å². The summed E-state index contributed by atoms with van der Waals surface area (Å²) in [6.45, 7) is 0. The van der Waals surface area contributed by atoms with Crippen LogP contribution in [0.2, 0.25) is 10.0 Å². The molecule has 27 heavy (non-hydrogen) atoms. The molecular formula is C19H12Cl2N4O2. The molecule has 1 aliphatic rings. The Labute approximate surface area is 164 Å². The van der Waals surface area contributed by atoms with Gasteiger partial charge in [0, 0.05) is 16.5 Å². The highest BCUT2D eigenvalue weighted by molar-refractivity contribution is 6.35. The van der Waals surface area contributed by atoms with Gasteiger partial charge < -0.3 is 9.84 Å². The maximum absolute atomic E-state index is 10.6. The zero-order valence-corrected chi connectivity index (χ0v) is 15.2. The molecular weight excluding hydrogens is 387 g/mol. The second-order valence-corrected chi connectivity index (χ2v) is 6.90. The fourth-order valence-corrected chi connectivity index (χ4v) is 3.81. The van der Waals surface area contributed by atoms with Gasteiger partial charge in [0.15, 0.2) is 0 Å². The molecule has 1 aliphatic heterocycles. The number of hydrogen-bond donors (Lipinski definition) is 3. The van der Waals surface area contributed by atoms with E-state index >= 15 is 0 Å². The number of nitrogens with one attached hydrogen (secondary N) is 2. The van der Waals surface area contributed by atoms with E-state index in [1.807, 2.05) is 30.3 Å². The molecule has 2 unspecified atom stereocenters. The van der Waals surface area contributed by atoms with Gasteiger partial charge in [0.1, 0.15) is 11.7 Å². The van der Waals surface area contributed by atoms with Gasteiger partial charge in [-0.1, -0.05) is 53.5 Å². The first-order valence-electron chi connectivity index (χ1n) is 7.98. The lowest BCUT2D eigenvalue weighted by molar-refractivity contribution is 0.423. The van der Waals surface area contributed by atoms with E-state index in [4.69, 9.17) is 33.3 Å². The molecule has 2 aromatic carbocycles. The lowest BCUT2D eigenvalue weighted by Crippen LogP contribution is -2.31. The number of aromatic hydroxyl groups is 1. The van der Waals surface area contributed by atoms with Crippen molar-refractivity contribution < 1.29 is 9.84 Å². The summed E-state index contributed by atoms with van der Waals surface area (Å²) in [6, 6.07) is 14.5. The molecule has 1 aromatic heterocycles. The van der Waals surface area contributed by atoms with Gasteiger partial charge in [0.25, 0.3) is 0 Å². The molecule has 134 valence electrons. The van der Waals surface area contributed by atoms with E-state index in [1.54, 1.807) is 6.07 Å². The number of hydrogen-bond acceptors (Lipinski definition) is 5. The fraction of sp³-hybridized carbons (Fsp3) is 0.105. The number of rotatable bonds is 2. The zero-order chi connectivity index (χ0) is 19.1. The number of halogens is 2. The van der Waals surface area contributed by atoms with Crippen molar-refractivity contribution in [2.45, 2.75) is 5.92 Å². The van der Waals surface area contributed by atoms with Crippen molar-refractivity contribution in [2.75, 3.05) is 0 Å². The normalized spacial score (nSPS) is 18.5. The third kappa shape index (κ3) is 2.81. The molecule has 8 heteroatoms. The maximum Gasteiger partial charge on any atom is 0.244 e. The highest BCUT2D eigenvalue weighted by atomic mass is 35.5. The van der Waals surface area contributed by atoms with Crippen LogP contribution in [0.4, 0.5) is 0 Å². The van der Waals surface area contributed by atoms with Gasteiger partial charge in [-0.05, 0) is 17.7 Å². The third-order valence-corrected chi connectivity index (χ3v) is 5.00. The van der Waals surface area contributed by atoms with Crippen molar-refractivity contribution in [3.63, 3.8) is 0 Å². The molecule has 0 fully saturated rings. The summed E-state index contributed by atoms with van der Waals surface area (Å²) >= 11 is 12.2. The summed E-state index contributed by atoms with van der Waals surface area (Å²) in [4.78, 5) is 0. The van der Waals surface area contributed by atoms with E-state index in [9.17, 15) is 10.4 Å². The Bertz CT molecular complexity index is 1090. The molecule has 0 radical (unpaired) electrons. The number of aromatic amines is 1. The highest BCUT2D eigenvalue weighted by Crippen LogP contribution is 2.49. The number of ether oxygens (including phenoxy) is 1. The number of phenols is 1. The number of fused-ring (bicyclic) bond motifs is 1. The second-order valence-electron chi connectivity index (χ2n) is 6.06. The molecule has 0 saturated heterocycles. The van der Waals surface area contributed by atoms with Crippen LogP contribution in [0.15, 0.2) is 42.5 Å². The largest absolute Gasteiger partial charge is 0.506 e. The molecule has 2 heterocycles. The third-order valence-electron chi connectivity index (χ3n) is 4.50. The fourth-order valence-electron chi connectivity index (χ4n) is 3.30. The van der Waals surface area contributed by atoms with Crippen molar-refractivity contribution >= 4 is 29.1 Å². The van der Waals surface area contributed by atoms with Crippen LogP contribution < -0.4 is 4.74 Å². The van der Waals surface area contributed by atoms with E-state index in [-0.39, 0.29) is 22.5 Å². The van der Waals surface area contributed by atoms with Gasteiger partial charge >= 0.3 is 0 Å². The number of benzene rings is 2. The number of nitrogens with zero attached hydrogens (tertiary/aromatic N) is 2. The molecule has 0 spiro atoms. The summed E-state index contributed by atoms with van der Waals surface area (Å²) in [5.74, 6) is -1.95. The standard InChI is InChI=1S/C19H12Cl2N4O2/c20-10-6-11(17(26)13(21)7-10)14-12(8-22)18(23)27-19-15(14)16(24-25-19)9-4-2-1-3-5-9/h1-7,12,14,23,26H,(H,24,25). The van der Waals surface area contributed by atoms with Crippen molar-refractivity contribution in [3.05, 3.63) is 63.6 Å². The second kappa shape index (κ2) is 6.62. The molecule has 0 aliphatic carbocycles. The van der Waals surface area contributed by atoms with Crippen LogP contribution in [0, 0.1) is 22.7 Å². The summed E-state index contributed by atoms with van der Waals surface area (Å²) in [5, 5.41) is 35.8. The van der Waals surface area contributed by atoms with Crippen molar-refractivity contribution in [1.82, 2.24) is 10.2 Å². The predicted molar refractivity (Wildman–Crippen MR) is 101 cm³/mol. The average Bonchev–Trinajstić information content (AvgIpc) is 3.07. The lowest BCUT2D eigenvalue weighted by Gasteiger charge is -2.28. The molecule has 6 nitrogen and oxygen atoms in total. The monoisotopic (exact) mass is 398 g/mol. The first-order valence-corrected chi connectivity index (χ1v) is 8.74. The predicted octanol–water partition coefficient (Wildman–Crippen LogP) is 4.73. The van der Waals surface area contributed by atoms with Crippen LogP contribution in [0.1, 0.15) is 17.0 Å². The zero-order valence-electron chi connectivity index (χ0n) is 13.7. The van der Waals surface area contributed by atoms with Crippen LogP contribution in [-0.4, -0.2) is 21.2 Å². The van der Waals surface area contributed by atoms with Crippen LogP contribution in [0.25, 0.3) is 11.3 Å². The highest BCUT2D eigenvalue weighted by Gasteiger charge is 2.42. The van der Waals surface area contributed by atoms with Crippen molar-refractivity contribution in [2.24, 2.45) is 5.92 Å². The lowest BCUT2D eigenvalue weighted by atomic mass is 9.78. The quantitative estimate of drug-likeness (QED) is 0.579. The Balaban J connectivity index is 2.01. The SMILES string of the molecule is N#CC1C(=N)Oc2n[nH]c(-c3ccccc3)c2C1c1cc(Cl)cc(Cl)c1O. The van der Waals surface area contributed by atoms with Crippen molar-refractivity contribution in [3.8, 4) is 29.0 Å². The first kappa shape index (κ1) is 17.4. The van der Waals surface area contributed by atoms with Crippen molar-refractivity contribution in [1.29, 1.82) is 10.7 Å². The molecule has 0 saturated carbocycles. The minimum absolute atomic E-state index is 0.0681. The van der Waals surface area contributed by atoms with Crippen LogP contribution in [0.5, 0.6) is 11.6 Å². The van der Waals surface area contributed by atoms with E-state index < -0.39 is 11.8 Å². The Hall–Kier alpha value is -3.01. The Morgan fingerprint density at radius 1 is 1.22 bits per heavy atom. The summed E-state index contributed by atoms with van der Waals surface area (Å²) in [6.07, 6.45) is 0. The van der Waals surface area contributed by atoms with Gasteiger partial charge in [-0.3, -0.25) is 10.5 Å². The van der Waals surface area contributed by atoms with Gasteiger partial charge in [0.2, 0.25) is 11.8 Å². The van der Waals surface area contributed by atoms with Crippen LogP contribution in [0.3, 0.4) is 0 Å². The maximum atomic E-state index is 10.6. The van der Waals surface area contributed by atoms with E-state index in [1.165, 1.54) is 6.07 Å². The topological polar surface area (TPSA) is 106 Å². The molecule has 0 amide bonds. The number of phenolic OH excluding ortho intramolecular Hbond substituents is 1. The first-order chi connectivity index (χ1) is 13.0. The molecule has 2 atom stereocenters. The Kier molecular flexibility index (Phi) is 4.27. The average molecular weight is 399 g/mol. The Morgan fingerprint density at radius 2 is 1.96 bits per heavy atom. The number of nitriles is 1. The van der Waals surface area contributed by atoms with Gasteiger partial charge in [-0.15, -0.1) is 5.10 Å². The Morgan fingerprint density at radius 3 is 2.67 bits per heavy atom. The molecule has 0 bridgehead atoms. The van der Waals surface area contributed by atoms with Gasteiger partial charge in [0.05, 0.1) is 22.3 Å². The summed E-state index contributed by atoms with van der Waals surface area (Å²) < 4.78 is 5.46. The van der Waals surface area contributed by atoms with E-state index in [0.717, 1.165) is 5.56 Å².